The first-order valence-electron chi connectivity index (χ1n) is 10.7. The number of amides is 1. The molecule has 2 aliphatic rings. The Labute approximate surface area is 183 Å². The Kier molecular flexibility index (Phi) is 5.74. The van der Waals surface area contributed by atoms with Crippen molar-refractivity contribution in [3.8, 4) is 0 Å². The molecule has 2 aromatic rings. The Morgan fingerprint density at radius 1 is 1.16 bits per heavy atom. The number of hydrogen-bond donors (Lipinski definition) is 1. The van der Waals surface area contributed by atoms with Gasteiger partial charge in [-0.2, -0.15) is 4.31 Å². The molecule has 8 heteroatoms. The number of nitrogens with one attached hydrogen (secondary N) is 1. The number of furan rings is 1. The van der Waals surface area contributed by atoms with Gasteiger partial charge in [0.05, 0.1) is 24.2 Å². The van der Waals surface area contributed by atoms with E-state index in [1.807, 2.05) is 19.9 Å². The average molecular weight is 447 g/mol. The summed E-state index contributed by atoms with van der Waals surface area (Å²) in [7, 11) is -3.67. The molecule has 2 heterocycles. The molecule has 1 atom stereocenters. The van der Waals surface area contributed by atoms with E-state index in [-0.39, 0.29) is 22.3 Å². The number of morpholine rings is 1. The van der Waals surface area contributed by atoms with Gasteiger partial charge in [0.2, 0.25) is 10.0 Å². The monoisotopic (exact) mass is 446 g/mol. The topological polar surface area (TPSA) is 88.8 Å². The van der Waals surface area contributed by atoms with E-state index in [0.29, 0.717) is 31.9 Å². The number of ether oxygens (including phenoxy) is 1. The van der Waals surface area contributed by atoms with Crippen molar-refractivity contribution in [2.24, 2.45) is 5.41 Å². The third-order valence-electron chi connectivity index (χ3n) is 6.10. The highest BCUT2D eigenvalue weighted by molar-refractivity contribution is 7.89. The summed E-state index contributed by atoms with van der Waals surface area (Å²) in [6, 6.07) is 6.56. The maximum atomic E-state index is 13.2. The first-order valence-corrected chi connectivity index (χ1v) is 12.1. The molecule has 1 aliphatic heterocycles. The highest BCUT2D eigenvalue weighted by atomic mass is 32.2. The lowest BCUT2D eigenvalue weighted by atomic mass is 9.74. The normalized spacial score (nSPS) is 21.5. The molecule has 1 unspecified atom stereocenters. The van der Waals surface area contributed by atoms with Gasteiger partial charge < -0.3 is 14.5 Å². The third kappa shape index (κ3) is 4.42. The maximum Gasteiger partial charge on any atom is 0.252 e. The van der Waals surface area contributed by atoms with Gasteiger partial charge in [-0.3, -0.25) is 4.79 Å². The molecule has 1 N–H and O–H groups in total. The van der Waals surface area contributed by atoms with E-state index in [4.69, 9.17) is 9.15 Å². The van der Waals surface area contributed by atoms with Crippen LogP contribution in [0.5, 0.6) is 0 Å². The lowest BCUT2D eigenvalue weighted by Crippen LogP contribution is -2.40. The average Bonchev–Trinajstić information content (AvgIpc) is 3.07. The van der Waals surface area contributed by atoms with Crippen molar-refractivity contribution in [3.05, 3.63) is 52.5 Å². The minimum atomic E-state index is -3.67. The molecule has 7 nitrogen and oxygen atoms in total. The lowest BCUT2D eigenvalue weighted by molar-refractivity contribution is 0.0730. The predicted molar refractivity (Wildman–Crippen MR) is 117 cm³/mol. The molecule has 1 aromatic heterocycles. The quantitative estimate of drug-likeness (QED) is 0.778. The summed E-state index contributed by atoms with van der Waals surface area (Å²) in [6.45, 7) is 9.44. The van der Waals surface area contributed by atoms with Crippen LogP contribution in [0.3, 0.4) is 0 Å². The van der Waals surface area contributed by atoms with Gasteiger partial charge in [0.1, 0.15) is 11.5 Å². The summed E-state index contributed by atoms with van der Waals surface area (Å²) in [5.74, 6) is 1.47. The van der Waals surface area contributed by atoms with Crippen LogP contribution in [0.15, 0.2) is 33.6 Å². The standard InChI is InChI=1S/C23H30N2O5S/c1-15-5-6-17(31(27,28)25-7-9-29-10-8-25)12-18(15)22(26)24-20-13-23(3,4)14-21-19(20)11-16(2)30-21/h5-6,11-12,20H,7-10,13-14H2,1-4H3,(H,24,26). The summed E-state index contributed by atoms with van der Waals surface area (Å²) in [6.07, 6.45) is 1.62. The Morgan fingerprint density at radius 3 is 2.58 bits per heavy atom. The zero-order chi connectivity index (χ0) is 22.4. The summed E-state index contributed by atoms with van der Waals surface area (Å²) in [5, 5.41) is 3.13. The van der Waals surface area contributed by atoms with Crippen LogP contribution in [-0.2, 0) is 21.2 Å². The molecule has 1 amide bonds. The summed E-state index contributed by atoms with van der Waals surface area (Å²) in [5.41, 5.74) is 2.11. The summed E-state index contributed by atoms with van der Waals surface area (Å²) in [4.78, 5) is 13.4. The zero-order valence-corrected chi connectivity index (χ0v) is 19.3. The van der Waals surface area contributed by atoms with Crippen molar-refractivity contribution < 1.29 is 22.4 Å². The van der Waals surface area contributed by atoms with E-state index < -0.39 is 10.0 Å². The minimum absolute atomic E-state index is 0.00813. The SMILES string of the molecule is Cc1cc2c(o1)CC(C)(C)CC2NC(=O)c1cc(S(=O)(=O)N2CCOCC2)ccc1C. The number of carbonyl (C=O) groups excluding carboxylic acids is 1. The fourth-order valence-electron chi connectivity index (χ4n) is 4.49. The molecule has 0 saturated carbocycles. The van der Waals surface area contributed by atoms with E-state index >= 15 is 0 Å². The number of sulfonamides is 1. The van der Waals surface area contributed by atoms with Crippen molar-refractivity contribution in [2.45, 2.75) is 51.5 Å². The van der Waals surface area contributed by atoms with Crippen molar-refractivity contribution in [2.75, 3.05) is 26.3 Å². The van der Waals surface area contributed by atoms with Crippen LogP contribution in [0.25, 0.3) is 0 Å². The second-order valence-electron chi connectivity index (χ2n) is 9.30. The van der Waals surface area contributed by atoms with Crippen molar-refractivity contribution in [1.82, 2.24) is 9.62 Å². The van der Waals surface area contributed by atoms with Crippen molar-refractivity contribution >= 4 is 15.9 Å². The van der Waals surface area contributed by atoms with Crippen molar-refractivity contribution in [3.63, 3.8) is 0 Å². The maximum absolute atomic E-state index is 13.2. The number of fused-ring (bicyclic) bond motifs is 1. The zero-order valence-electron chi connectivity index (χ0n) is 18.5. The molecular weight excluding hydrogens is 416 g/mol. The van der Waals surface area contributed by atoms with Crippen LogP contribution in [0, 0.1) is 19.3 Å². The molecule has 1 aromatic carbocycles. The van der Waals surface area contributed by atoms with Gasteiger partial charge in [0.15, 0.2) is 0 Å². The summed E-state index contributed by atoms with van der Waals surface area (Å²) >= 11 is 0. The molecule has 4 rings (SSSR count). The Bertz CT molecular complexity index is 1100. The van der Waals surface area contributed by atoms with Gasteiger partial charge in [0, 0.05) is 30.6 Å². The highest BCUT2D eigenvalue weighted by Crippen LogP contribution is 2.42. The van der Waals surface area contributed by atoms with Crippen molar-refractivity contribution in [1.29, 1.82) is 0 Å². The number of nitrogens with zero attached hydrogens (tertiary/aromatic N) is 1. The second-order valence-corrected chi connectivity index (χ2v) is 11.2. The molecule has 0 radical (unpaired) electrons. The molecule has 0 spiro atoms. The first-order chi connectivity index (χ1) is 14.6. The largest absolute Gasteiger partial charge is 0.466 e. The second kappa shape index (κ2) is 8.07. The Morgan fingerprint density at radius 2 is 1.87 bits per heavy atom. The van der Waals surface area contributed by atoms with E-state index in [2.05, 4.69) is 19.2 Å². The Balaban J connectivity index is 1.61. The van der Waals surface area contributed by atoms with Crippen LogP contribution in [0.1, 0.15) is 59.3 Å². The number of aryl methyl sites for hydroxylation is 2. The van der Waals surface area contributed by atoms with Gasteiger partial charge in [-0.25, -0.2) is 8.42 Å². The molecule has 1 saturated heterocycles. The predicted octanol–water partition coefficient (Wildman–Crippen LogP) is 3.36. The molecular formula is C23H30N2O5S. The van der Waals surface area contributed by atoms with E-state index in [9.17, 15) is 13.2 Å². The van der Waals surface area contributed by atoms with Gasteiger partial charge in [0.25, 0.3) is 5.91 Å². The van der Waals surface area contributed by atoms with Crippen LogP contribution in [0.4, 0.5) is 0 Å². The number of hydrogen-bond acceptors (Lipinski definition) is 5. The van der Waals surface area contributed by atoms with E-state index in [1.165, 1.54) is 10.4 Å². The lowest BCUT2D eigenvalue weighted by Gasteiger charge is -2.34. The minimum Gasteiger partial charge on any atom is -0.466 e. The van der Waals surface area contributed by atoms with Gasteiger partial charge >= 0.3 is 0 Å². The van der Waals surface area contributed by atoms with E-state index in [0.717, 1.165) is 35.5 Å². The third-order valence-corrected chi connectivity index (χ3v) is 8.00. The summed E-state index contributed by atoms with van der Waals surface area (Å²) < 4.78 is 38.6. The smallest absolute Gasteiger partial charge is 0.252 e. The van der Waals surface area contributed by atoms with Crippen LogP contribution < -0.4 is 5.32 Å². The van der Waals surface area contributed by atoms with E-state index in [1.54, 1.807) is 12.1 Å². The Hall–Kier alpha value is -2.16. The molecule has 31 heavy (non-hydrogen) atoms. The fourth-order valence-corrected chi connectivity index (χ4v) is 5.93. The van der Waals surface area contributed by atoms with Gasteiger partial charge in [-0.15, -0.1) is 0 Å². The van der Waals surface area contributed by atoms with Crippen LogP contribution in [-0.4, -0.2) is 44.9 Å². The van der Waals surface area contributed by atoms with Crippen LogP contribution in [0.2, 0.25) is 0 Å². The first kappa shape index (κ1) is 22.0. The number of benzene rings is 1. The fraction of sp³-hybridized carbons (Fsp3) is 0.522. The van der Waals surface area contributed by atoms with Crippen LogP contribution >= 0.6 is 0 Å². The molecule has 1 fully saturated rings. The van der Waals surface area contributed by atoms with Gasteiger partial charge in [-0.1, -0.05) is 19.9 Å². The highest BCUT2D eigenvalue weighted by Gasteiger charge is 2.36. The molecule has 168 valence electrons. The van der Waals surface area contributed by atoms with Gasteiger partial charge in [-0.05, 0) is 49.4 Å². The number of rotatable bonds is 4. The molecule has 1 aliphatic carbocycles. The number of carbonyl (C=O) groups is 1. The molecule has 0 bridgehead atoms.